The van der Waals surface area contributed by atoms with Crippen molar-refractivity contribution in [2.75, 3.05) is 20.1 Å². The van der Waals surface area contributed by atoms with Gasteiger partial charge in [0.1, 0.15) is 0 Å². The van der Waals surface area contributed by atoms with Gasteiger partial charge in [0.2, 0.25) is 5.91 Å². The van der Waals surface area contributed by atoms with Gasteiger partial charge in [-0.1, -0.05) is 0 Å². The van der Waals surface area contributed by atoms with E-state index in [-0.39, 0.29) is 5.92 Å². The minimum Gasteiger partial charge on any atom is -0.368 e. The predicted octanol–water partition coefficient (Wildman–Crippen LogP) is -0.469. The number of piperidine rings is 1. The molecule has 0 bridgehead atoms. The molecule has 0 aliphatic carbocycles. The first-order chi connectivity index (χ1) is 5.94. The number of primary amides is 1. The molecule has 0 spiro atoms. The predicted molar refractivity (Wildman–Crippen MR) is 52.0 cm³/mol. The highest BCUT2D eigenvalue weighted by atomic mass is 16.1. The molecule has 1 amide bonds. The normalized spacial score (nSPS) is 29.6. The fourth-order valence-corrected chi connectivity index (χ4v) is 1.86. The van der Waals surface area contributed by atoms with Crippen LogP contribution in [0.4, 0.5) is 0 Å². The van der Waals surface area contributed by atoms with Crippen LogP contribution in [0.25, 0.3) is 0 Å². The Bertz CT molecular complexity index is 203. The molecule has 1 aliphatic heterocycles. The number of hydrogen-bond acceptors (Lipinski definition) is 3. The van der Waals surface area contributed by atoms with E-state index < -0.39 is 11.4 Å². The molecule has 13 heavy (non-hydrogen) atoms. The number of nitrogens with zero attached hydrogens (tertiary/aromatic N) is 1. The zero-order valence-electron chi connectivity index (χ0n) is 8.42. The van der Waals surface area contributed by atoms with Gasteiger partial charge < -0.3 is 16.4 Å². The Labute approximate surface area is 79.3 Å². The second kappa shape index (κ2) is 3.64. The fraction of sp³-hybridized carbons (Fsp3) is 0.889. The molecule has 0 aromatic rings. The molecule has 1 saturated heterocycles. The highest BCUT2D eigenvalue weighted by molar-refractivity contribution is 5.84. The first-order valence-electron chi connectivity index (χ1n) is 4.72. The average Bonchev–Trinajstić information content (AvgIpc) is 2.04. The molecular weight excluding hydrogens is 166 g/mol. The number of likely N-dealkylation sites (tertiary alicyclic amines) is 1. The van der Waals surface area contributed by atoms with Gasteiger partial charge in [0.25, 0.3) is 0 Å². The van der Waals surface area contributed by atoms with E-state index in [4.69, 9.17) is 11.5 Å². The van der Waals surface area contributed by atoms with Crippen molar-refractivity contribution in [3.8, 4) is 0 Å². The van der Waals surface area contributed by atoms with Crippen LogP contribution in [0.3, 0.4) is 0 Å². The Kier molecular flexibility index (Phi) is 2.93. The van der Waals surface area contributed by atoms with E-state index in [0.717, 1.165) is 25.9 Å². The van der Waals surface area contributed by atoms with E-state index in [1.54, 1.807) is 6.92 Å². The number of carbonyl (C=O) groups excluding carboxylic acids is 1. The number of rotatable bonds is 2. The molecule has 1 fully saturated rings. The minimum atomic E-state index is -0.852. The lowest BCUT2D eigenvalue weighted by atomic mass is 9.80. The summed E-state index contributed by atoms with van der Waals surface area (Å²) in [5.41, 5.74) is 10.3. The van der Waals surface area contributed by atoms with Crippen molar-refractivity contribution in [1.82, 2.24) is 4.90 Å². The quantitative estimate of drug-likeness (QED) is 0.611. The number of carbonyl (C=O) groups is 1. The minimum absolute atomic E-state index is 0.198. The Morgan fingerprint density at radius 2 is 2.23 bits per heavy atom. The van der Waals surface area contributed by atoms with Crippen LogP contribution in [0.1, 0.15) is 19.8 Å². The summed E-state index contributed by atoms with van der Waals surface area (Å²) >= 11 is 0. The molecule has 2 atom stereocenters. The Morgan fingerprint density at radius 3 is 2.69 bits per heavy atom. The maximum atomic E-state index is 11.1. The molecular formula is C9H19N3O. The van der Waals surface area contributed by atoms with E-state index in [9.17, 15) is 4.79 Å². The molecule has 0 aromatic heterocycles. The van der Waals surface area contributed by atoms with Crippen LogP contribution in [0, 0.1) is 5.92 Å². The lowest BCUT2D eigenvalue weighted by Crippen LogP contribution is -2.58. The standard InChI is InChI=1S/C9H19N3O/c1-9(11,8(10)13)7-4-3-5-12(2)6-7/h7H,3-6,11H2,1-2H3,(H2,10,13). The monoisotopic (exact) mass is 185 g/mol. The van der Waals surface area contributed by atoms with Gasteiger partial charge in [0.15, 0.2) is 0 Å². The lowest BCUT2D eigenvalue weighted by Gasteiger charge is -2.38. The van der Waals surface area contributed by atoms with Crippen LogP contribution in [0.5, 0.6) is 0 Å². The Balaban J connectivity index is 2.64. The van der Waals surface area contributed by atoms with Gasteiger partial charge in [-0.2, -0.15) is 0 Å². The zero-order chi connectivity index (χ0) is 10.1. The van der Waals surface area contributed by atoms with Gasteiger partial charge in [-0.3, -0.25) is 4.79 Å². The van der Waals surface area contributed by atoms with Crippen molar-refractivity contribution in [2.45, 2.75) is 25.3 Å². The number of nitrogens with two attached hydrogens (primary N) is 2. The summed E-state index contributed by atoms with van der Waals surface area (Å²) in [6.45, 7) is 3.69. The molecule has 4 nitrogen and oxygen atoms in total. The van der Waals surface area contributed by atoms with Gasteiger partial charge in [-0.15, -0.1) is 0 Å². The molecule has 1 aliphatic rings. The van der Waals surface area contributed by atoms with Crippen molar-refractivity contribution in [3.05, 3.63) is 0 Å². The summed E-state index contributed by atoms with van der Waals surface area (Å²) in [4.78, 5) is 13.3. The van der Waals surface area contributed by atoms with Crippen LogP contribution < -0.4 is 11.5 Å². The summed E-state index contributed by atoms with van der Waals surface area (Å²) in [5.74, 6) is -0.198. The van der Waals surface area contributed by atoms with E-state index >= 15 is 0 Å². The first-order valence-corrected chi connectivity index (χ1v) is 4.72. The fourth-order valence-electron chi connectivity index (χ4n) is 1.86. The second-order valence-electron chi connectivity index (χ2n) is 4.25. The highest BCUT2D eigenvalue weighted by Gasteiger charge is 2.37. The smallest absolute Gasteiger partial charge is 0.237 e. The van der Waals surface area contributed by atoms with Crippen molar-refractivity contribution in [3.63, 3.8) is 0 Å². The molecule has 4 heteroatoms. The molecule has 0 aromatic carbocycles. The number of hydrogen-bond donors (Lipinski definition) is 2. The van der Waals surface area contributed by atoms with Crippen LogP contribution in [-0.2, 0) is 4.79 Å². The van der Waals surface area contributed by atoms with Gasteiger partial charge in [0, 0.05) is 6.54 Å². The van der Waals surface area contributed by atoms with Gasteiger partial charge >= 0.3 is 0 Å². The van der Waals surface area contributed by atoms with Crippen molar-refractivity contribution in [1.29, 1.82) is 0 Å². The Morgan fingerprint density at radius 1 is 1.62 bits per heavy atom. The van der Waals surface area contributed by atoms with Crippen LogP contribution in [0.2, 0.25) is 0 Å². The lowest BCUT2D eigenvalue weighted by molar-refractivity contribution is -0.125. The SMILES string of the molecule is CN1CCCC(C(C)(N)C(N)=O)C1. The largest absolute Gasteiger partial charge is 0.368 e. The maximum absolute atomic E-state index is 11.1. The molecule has 1 heterocycles. The van der Waals surface area contributed by atoms with Gasteiger partial charge in [0.05, 0.1) is 5.54 Å². The molecule has 0 radical (unpaired) electrons. The van der Waals surface area contributed by atoms with E-state index in [1.165, 1.54) is 0 Å². The zero-order valence-corrected chi connectivity index (χ0v) is 8.42. The molecule has 76 valence electrons. The van der Waals surface area contributed by atoms with Gasteiger partial charge in [-0.05, 0) is 39.3 Å². The van der Waals surface area contributed by atoms with E-state index in [1.807, 2.05) is 7.05 Å². The average molecular weight is 185 g/mol. The molecule has 0 saturated carbocycles. The third-order valence-corrected chi connectivity index (χ3v) is 3.00. The third-order valence-electron chi connectivity index (χ3n) is 3.00. The summed E-state index contributed by atoms with van der Waals surface area (Å²) in [7, 11) is 2.04. The highest BCUT2D eigenvalue weighted by Crippen LogP contribution is 2.24. The summed E-state index contributed by atoms with van der Waals surface area (Å²) < 4.78 is 0. The second-order valence-corrected chi connectivity index (χ2v) is 4.25. The van der Waals surface area contributed by atoms with Crippen LogP contribution in [-0.4, -0.2) is 36.5 Å². The van der Waals surface area contributed by atoms with Crippen LogP contribution >= 0.6 is 0 Å². The summed E-state index contributed by atoms with van der Waals surface area (Å²) in [6, 6.07) is 0. The maximum Gasteiger partial charge on any atom is 0.237 e. The van der Waals surface area contributed by atoms with Crippen molar-refractivity contribution >= 4 is 5.91 Å². The first kappa shape index (κ1) is 10.5. The van der Waals surface area contributed by atoms with Crippen molar-refractivity contribution < 1.29 is 4.79 Å². The summed E-state index contributed by atoms with van der Waals surface area (Å²) in [6.07, 6.45) is 2.10. The van der Waals surface area contributed by atoms with E-state index in [2.05, 4.69) is 4.90 Å². The molecule has 2 unspecified atom stereocenters. The third kappa shape index (κ3) is 2.19. The topological polar surface area (TPSA) is 72.3 Å². The van der Waals surface area contributed by atoms with Crippen molar-refractivity contribution in [2.24, 2.45) is 17.4 Å². The summed E-state index contributed by atoms with van der Waals surface area (Å²) in [5, 5.41) is 0. The Hall–Kier alpha value is -0.610. The van der Waals surface area contributed by atoms with Gasteiger partial charge in [-0.25, -0.2) is 0 Å². The molecule has 1 rings (SSSR count). The van der Waals surface area contributed by atoms with E-state index in [0.29, 0.717) is 0 Å². The number of amides is 1. The molecule has 4 N–H and O–H groups in total. The van der Waals surface area contributed by atoms with Crippen LogP contribution in [0.15, 0.2) is 0 Å².